The topological polar surface area (TPSA) is 78.9 Å². The molecule has 6 nitrogen and oxygen atoms in total. The first-order valence-electron chi connectivity index (χ1n) is 6.49. The minimum Gasteiger partial charge on any atom is -0.480 e. The van der Waals surface area contributed by atoms with Gasteiger partial charge in [-0.1, -0.05) is 30.3 Å². The lowest BCUT2D eigenvalue weighted by atomic mass is 10.2. The Morgan fingerprint density at radius 1 is 1.30 bits per heavy atom. The molecule has 0 heterocycles. The lowest BCUT2D eigenvalue weighted by Gasteiger charge is -2.21. The maximum absolute atomic E-state index is 11.9. The molecule has 1 aromatic rings. The van der Waals surface area contributed by atoms with E-state index in [9.17, 15) is 9.59 Å². The van der Waals surface area contributed by atoms with Gasteiger partial charge in [-0.15, -0.1) is 0 Å². The molecule has 2 N–H and O–H groups in total. The van der Waals surface area contributed by atoms with E-state index in [1.54, 1.807) is 4.90 Å². The summed E-state index contributed by atoms with van der Waals surface area (Å²) in [6, 6.07) is 9.54. The number of hydrogen-bond acceptors (Lipinski definition) is 3. The van der Waals surface area contributed by atoms with Crippen LogP contribution in [0.4, 0.5) is 4.79 Å². The van der Waals surface area contributed by atoms with Gasteiger partial charge in [0, 0.05) is 19.6 Å². The van der Waals surface area contributed by atoms with Crippen LogP contribution in [-0.4, -0.2) is 48.3 Å². The molecule has 6 heteroatoms. The highest BCUT2D eigenvalue weighted by Gasteiger charge is 2.11. The molecule has 0 unspecified atom stereocenters. The molecule has 0 atom stereocenters. The van der Waals surface area contributed by atoms with Gasteiger partial charge in [0.25, 0.3) is 0 Å². The summed E-state index contributed by atoms with van der Waals surface area (Å²) < 4.78 is 4.84. The van der Waals surface area contributed by atoms with E-state index in [0.717, 1.165) is 5.56 Å². The SMILES string of the molecule is CCN(Cc1ccccc1)C(=O)NCCOCC(=O)O. The standard InChI is InChI=1S/C14H20N2O4/c1-2-16(10-12-6-4-3-5-7-12)14(19)15-8-9-20-11-13(17)18/h3-7H,2,8-11H2,1H3,(H,15,19)(H,17,18). The van der Waals surface area contributed by atoms with Crippen LogP contribution in [0.15, 0.2) is 30.3 Å². The van der Waals surface area contributed by atoms with Crippen LogP contribution < -0.4 is 5.32 Å². The Labute approximate surface area is 118 Å². The van der Waals surface area contributed by atoms with Gasteiger partial charge in [-0.25, -0.2) is 9.59 Å². The molecule has 1 rings (SSSR count). The van der Waals surface area contributed by atoms with Crippen LogP contribution in [0.3, 0.4) is 0 Å². The minimum absolute atomic E-state index is 0.181. The minimum atomic E-state index is -1.02. The van der Waals surface area contributed by atoms with E-state index in [-0.39, 0.29) is 25.8 Å². The third-order valence-corrected chi connectivity index (χ3v) is 2.63. The molecule has 2 amide bonds. The fraction of sp³-hybridized carbons (Fsp3) is 0.429. The van der Waals surface area contributed by atoms with E-state index in [4.69, 9.17) is 9.84 Å². The van der Waals surface area contributed by atoms with Gasteiger partial charge >= 0.3 is 12.0 Å². The Morgan fingerprint density at radius 2 is 2.00 bits per heavy atom. The highest BCUT2D eigenvalue weighted by atomic mass is 16.5. The van der Waals surface area contributed by atoms with Crippen molar-refractivity contribution in [2.45, 2.75) is 13.5 Å². The number of aliphatic carboxylic acids is 1. The van der Waals surface area contributed by atoms with Crippen molar-refractivity contribution in [2.75, 3.05) is 26.3 Å². The van der Waals surface area contributed by atoms with E-state index in [0.29, 0.717) is 13.1 Å². The summed E-state index contributed by atoms with van der Waals surface area (Å²) >= 11 is 0. The van der Waals surface area contributed by atoms with E-state index < -0.39 is 5.97 Å². The summed E-state index contributed by atoms with van der Waals surface area (Å²) in [4.78, 5) is 23.8. The molecule has 0 bridgehead atoms. The predicted octanol–water partition coefficient (Wildman–Crippen LogP) is 1.32. The van der Waals surface area contributed by atoms with E-state index in [1.807, 2.05) is 37.3 Å². The van der Waals surface area contributed by atoms with Gasteiger partial charge < -0.3 is 20.1 Å². The van der Waals surface area contributed by atoms with E-state index >= 15 is 0 Å². The zero-order valence-corrected chi connectivity index (χ0v) is 11.5. The van der Waals surface area contributed by atoms with Crippen LogP contribution in [0.25, 0.3) is 0 Å². The van der Waals surface area contributed by atoms with Gasteiger partial charge in [0.05, 0.1) is 6.61 Å². The number of carboxylic acids is 1. The molecule has 0 aliphatic carbocycles. The summed E-state index contributed by atoms with van der Waals surface area (Å²) in [5, 5.41) is 11.1. The number of ether oxygens (including phenoxy) is 1. The summed E-state index contributed by atoms with van der Waals surface area (Å²) in [6.07, 6.45) is 0. The largest absolute Gasteiger partial charge is 0.480 e. The predicted molar refractivity (Wildman–Crippen MR) is 74.4 cm³/mol. The highest BCUT2D eigenvalue weighted by molar-refractivity contribution is 5.74. The first-order chi connectivity index (χ1) is 9.63. The second kappa shape index (κ2) is 8.92. The maximum Gasteiger partial charge on any atom is 0.329 e. The fourth-order valence-electron chi connectivity index (χ4n) is 1.63. The number of carbonyl (C=O) groups is 2. The smallest absolute Gasteiger partial charge is 0.329 e. The Morgan fingerprint density at radius 3 is 2.60 bits per heavy atom. The van der Waals surface area contributed by atoms with Crippen molar-refractivity contribution in [1.82, 2.24) is 10.2 Å². The van der Waals surface area contributed by atoms with Crippen molar-refractivity contribution >= 4 is 12.0 Å². The van der Waals surface area contributed by atoms with Crippen LogP contribution >= 0.6 is 0 Å². The zero-order valence-electron chi connectivity index (χ0n) is 11.5. The number of nitrogens with one attached hydrogen (secondary N) is 1. The molecule has 0 aromatic heterocycles. The maximum atomic E-state index is 11.9. The van der Waals surface area contributed by atoms with Crippen molar-refractivity contribution in [3.63, 3.8) is 0 Å². The third kappa shape index (κ3) is 6.19. The molecular formula is C14H20N2O4. The van der Waals surface area contributed by atoms with Gasteiger partial charge in [0.2, 0.25) is 0 Å². The molecule has 0 saturated carbocycles. The second-order valence-corrected chi connectivity index (χ2v) is 4.18. The summed E-state index contributed by atoms with van der Waals surface area (Å²) in [5.74, 6) is -1.02. The number of urea groups is 1. The first-order valence-corrected chi connectivity index (χ1v) is 6.49. The van der Waals surface area contributed by atoms with Crippen LogP contribution in [0.2, 0.25) is 0 Å². The Kier molecular flexibility index (Phi) is 7.13. The average Bonchev–Trinajstić information content (AvgIpc) is 2.45. The van der Waals surface area contributed by atoms with Crippen LogP contribution in [0.5, 0.6) is 0 Å². The number of nitrogens with zero attached hydrogens (tertiary/aromatic N) is 1. The van der Waals surface area contributed by atoms with Crippen molar-refractivity contribution in [1.29, 1.82) is 0 Å². The third-order valence-electron chi connectivity index (χ3n) is 2.63. The lowest BCUT2D eigenvalue weighted by molar-refractivity contribution is -0.142. The molecule has 0 radical (unpaired) electrons. The molecule has 0 saturated heterocycles. The molecule has 0 aliphatic rings. The second-order valence-electron chi connectivity index (χ2n) is 4.18. The van der Waals surface area contributed by atoms with Crippen molar-refractivity contribution in [3.8, 4) is 0 Å². The van der Waals surface area contributed by atoms with Gasteiger partial charge in [-0.05, 0) is 12.5 Å². The van der Waals surface area contributed by atoms with E-state index in [2.05, 4.69) is 5.32 Å². The molecule has 1 aromatic carbocycles. The number of rotatable bonds is 8. The fourth-order valence-corrected chi connectivity index (χ4v) is 1.63. The molecule has 0 fully saturated rings. The molecule has 0 aliphatic heterocycles. The summed E-state index contributed by atoms with van der Waals surface area (Å²) in [6.45, 7) is 3.16. The molecule has 0 spiro atoms. The summed E-state index contributed by atoms with van der Waals surface area (Å²) in [5.41, 5.74) is 1.06. The Balaban J connectivity index is 2.30. The van der Waals surface area contributed by atoms with Crippen molar-refractivity contribution in [3.05, 3.63) is 35.9 Å². The van der Waals surface area contributed by atoms with Gasteiger partial charge in [-0.3, -0.25) is 0 Å². The number of carboxylic acid groups (broad SMARTS) is 1. The van der Waals surface area contributed by atoms with Crippen molar-refractivity contribution in [2.24, 2.45) is 0 Å². The lowest BCUT2D eigenvalue weighted by Crippen LogP contribution is -2.40. The molecule has 110 valence electrons. The Hall–Kier alpha value is -2.08. The number of carbonyl (C=O) groups excluding carboxylic acids is 1. The van der Waals surface area contributed by atoms with Crippen LogP contribution in [-0.2, 0) is 16.1 Å². The highest BCUT2D eigenvalue weighted by Crippen LogP contribution is 2.04. The van der Waals surface area contributed by atoms with E-state index in [1.165, 1.54) is 0 Å². The van der Waals surface area contributed by atoms with Crippen LogP contribution in [0.1, 0.15) is 12.5 Å². The van der Waals surface area contributed by atoms with Gasteiger partial charge in [0.1, 0.15) is 6.61 Å². The van der Waals surface area contributed by atoms with Gasteiger partial charge in [-0.2, -0.15) is 0 Å². The summed E-state index contributed by atoms with van der Waals surface area (Å²) in [7, 11) is 0. The number of hydrogen-bond donors (Lipinski definition) is 2. The molecular weight excluding hydrogens is 260 g/mol. The quantitative estimate of drug-likeness (QED) is 0.704. The van der Waals surface area contributed by atoms with Gasteiger partial charge in [0.15, 0.2) is 0 Å². The number of amides is 2. The normalized spacial score (nSPS) is 10.1. The average molecular weight is 280 g/mol. The zero-order chi connectivity index (χ0) is 14.8. The Bertz CT molecular complexity index is 422. The monoisotopic (exact) mass is 280 g/mol. The van der Waals surface area contributed by atoms with Crippen molar-refractivity contribution < 1.29 is 19.4 Å². The van der Waals surface area contributed by atoms with Crippen LogP contribution in [0, 0.1) is 0 Å². The first kappa shape index (κ1) is 16.0. The molecule has 20 heavy (non-hydrogen) atoms. The number of benzene rings is 1.